The first-order chi connectivity index (χ1) is 8.24. The quantitative estimate of drug-likeness (QED) is 0.576. The number of benzene rings is 1. The molecule has 1 unspecified atom stereocenters. The molecule has 17 heavy (non-hydrogen) atoms. The molecule has 1 aromatic rings. The van der Waals surface area contributed by atoms with E-state index in [0.717, 1.165) is 12.0 Å². The number of carbonyl (C=O) groups is 1. The van der Waals surface area contributed by atoms with Crippen LogP contribution in [0.5, 0.6) is 0 Å². The average Bonchev–Trinajstić information content (AvgIpc) is 2.37. The average molecular weight is 237 g/mol. The first-order valence-corrected chi connectivity index (χ1v) is 5.69. The normalized spacial score (nSPS) is 12.1. The zero-order valence-corrected chi connectivity index (χ0v) is 10.1. The first-order valence-electron chi connectivity index (χ1n) is 5.69. The summed E-state index contributed by atoms with van der Waals surface area (Å²) in [6, 6.07) is 8.98. The second-order valence-electron chi connectivity index (χ2n) is 3.83. The summed E-state index contributed by atoms with van der Waals surface area (Å²) in [7, 11) is 1.62. The summed E-state index contributed by atoms with van der Waals surface area (Å²) in [5.41, 5.74) is 6.65. The van der Waals surface area contributed by atoms with E-state index >= 15 is 0 Å². The monoisotopic (exact) mass is 237 g/mol. The molecule has 0 spiro atoms. The van der Waals surface area contributed by atoms with Crippen LogP contribution in [0.1, 0.15) is 18.4 Å². The number of nitrogens with two attached hydrogens (primary N) is 1. The molecule has 1 aromatic carbocycles. The smallest absolute Gasteiger partial charge is 0.323 e. The Bertz CT molecular complexity index is 327. The van der Waals surface area contributed by atoms with Crippen LogP contribution in [0, 0.1) is 0 Å². The molecule has 94 valence electrons. The van der Waals surface area contributed by atoms with E-state index in [1.165, 1.54) is 0 Å². The maximum atomic E-state index is 11.5. The van der Waals surface area contributed by atoms with Crippen molar-refractivity contribution < 1.29 is 14.3 Å². The molecule has 2 N–H and O–H groups in total. The molecule has 1 atom stereocenters. The van der Waals surface area contributed by atoms with Gasteiger partial charge in [-0.25, -0.2) is 0 Å². The van der Waals surface area contributed by atoms with E-state index in [2.05, 4.69) is 0 Å². The molecule has 0 fully saturated rings. The van der Waals surface area contributed by atoms with Crippen LogP contribution in [0.15, 0.2) is 30.3 Å². The zero-order chi connectivity index (χ0) is 12.5. The van der Waals surface area contributed by atoms with Gasteiger partial charge in [-0.3, -0.25) is 4.79 Å². The molecule has 0 amide bonds. The van der Waals surface area contributed by atoms with Gasteiger partial charge in [-0.15, -0.1) is 0 Å². The van der Waals surface area contributed by atoms with Crippen LogP contribution < -0.4 is 5.73 Å². The fraction of sp³-hybridized carbons (Fsp3) is 0.462. The van der Waals surface area contributed by atoms with Crippen LogP contribution in [0.25, 0.3) is 0 Å². The third-order valence-corrected chi connectivity index (χ3v) is 2.39. The molecular formula is C13H19NO3. The highest BCUT2D eigenvalue weighted by Gasteiger charge is 2.14. The topological polar surface area (TPSA) is 61.5 Å². The Balaban J connectivity index is 2.24. The minimum atomic E-state index is -0.561. The maximum absolute atomic E-state index is 11.5. The Morgan fingerprint density at radius 2 is 2.06 bits per heavy atom. The van der Waals surface area contributed by atoms with Gasteiger partial charge in [0.25, 0.3) is 0 Å². The van der Waals surface area contributed by atoms with E-state index < -0.39 is 6.04 Å². The molecule has 0 aliphatic rings. The number of hydrogen-bond donors (Lipinski definition) is 1. The highest BCUT2D eigenvalue weighted by atomic mass is 16.5. The van der Waals surface area contributed by atoms with Crippen molar-refractivity contribution in [3.05, 3.63) is 35.9 Å². The lowest BCUT2D eigenvalue weighted by Crippen LogP contribution is -2.32. The van der Waals surface area contributed by atoms with Crippen molar-refractivity contribution in [3.8, 4) is 0 Å². The SMILES string of the molecule is COCCCC(N)C(=O)OCc1ccccc1. The summed E-state index contributed by atoms with van der Waals surface area (Å²) in [5, 5.41) is 0. The summed E-state index contributed by atoms with van der Waals surface area (Å²) >= 11 is 0. The molecule has 0 aliphatic heterocycles. The minimum Gasteiger partial charge on any atom is -0.460 e. The number of carbonyl (C=O) groups excluding carboxylic acids is 1. The van der Waals surface area contributed by atoms with Gasteiger partial charge in [0.15, 0.2) is 0 Å². The standard InChI is InChI=1S/C13H19NO3/c1-16-9-5-8-12(14)13(15)17-10-11-6-3-2-4-7-11/h2-4,6-7,12H,5,8-10,14H2,1H3. The van der Waals surface area contributed by atoms with Crippen LogP contribution in [-0.4, -0.2) is 25.7 Å². The number of methoxy groups -OCH3 is 1. The largest absolute Gasteiger partial charge is 0.460 e. The summed E-state index contributed by atoms with van der Waals surface area (Å²) in [6.45, 7) is 0.886. The fourth-order valence-electron chi connectivity index (χ4n) is 1.40. The Morgan fingerprint density at radius 3 is 2.71 bits per heavy atom. The maximum Gasteiger partial charge on any atom is 0.323 e. The van der Waals surface area contributed by atoms with E-state index in [0.29, 0.717) is 13.0 Å². The van der Waals surface area contributed by atoms with E-state index in [4.69, 9.17) is 15.2 Å². The zero-order valence-electron chi connectivity index (χ0n) is 10.1. The first kappa shape index (κ1) is 13.7. The van der Waals surface area contributed by atoms with Gasteiger partial charge in [0.2, 0.25) is 0 Å². The molecule has 0 aromatic heterocycles. The highest BCUT2D eigenvalue weighted by molar-refractivity contribution is 5.75. The molecule has 0 radical (unpaired) electrons. The molecular weight excluding hydrogens is 218 g/mol. The van der Waals surface area contributed by atoms with Gasteiger partial charge in [0.05, 0.1) is 0 Å². The summed E-state index contributed by atoms with van der Waals surface area (Å²) in [5.74, 6) is -0.357. The molecule has 0 heterocycles. The third kappa shape index (κ3) is 5.47. The van der Waals surface area contributed by atoms with Gasteiger partial charge in [-0.1, -0.05) is 30.3 Å². The summed E-state index contributed by atoms with van der Waals surface area (Å²) < 4.78 is 10.0. The molecule has 4 nitrogen and oxygen atoms in total. The molecule has 0 bridgehead atoms. The number of ether oxygens (including phenoxy) is 2. The second kappa shape index (κ2) is 7.81. The van der Waals surface area contributed by atoms with Gasteiger partial charge in [0, 0.05) is 13.7 Å². The van der Waals surface area contributed by atoms with Crippen LogP contribution in [0.4, 0.5) is 0 Å². The number of hydrogen-bond acceptors (Lipinski definition) is 4. The lowest BCUT2D eigenvalue weighted by atomic mass is 10.2. The van der Waals surface area contributed by atoms with Crippen molar-refractivity contribution in [2.75, 3.05) is 13.7 Å². The molecule has 4 heteroatoms. The second-order valence-corrected chi connectivity index (χ2v) is 3.83. The van der Waals surface area contributed by atoms with Crippen molar-refractivity contribution in [1.29, 1.82) is 0 Å². The number of esters is 1. The molecule has 0 aliphatic carbocycles. The number of rotatable bonds is 7. The van der Waals surface area contributed by atoms with Crippen LogP contribution in [0.2, 0.25) is 0 Å². The lowest BCUT2D eigenvalue weighted by molar-refractivity contribution is -0.146. The van der Waals surface area contributed by atoms with E-state index in [9.17, 15) is 4.79 Å². The van der Waals surface area contributed by atoms with Crippen LogP contribution >= 0.6 is 0 Å². The van der Waals surface area contributed by atoms with Crippen LogP contribution in [-0.2, 0) is 20.9 Å². The highest BCUT2D eigenvalue weighted by Crippen LogP contribution is 2.03. The van der Waals surface area contributed by atoms with Crippen molar-refractivity contribution in [2.24, 2.45) is 5.73 Å². The Kier molecular flexibility index (Phi) is 6.29. The summed E-state index contributed by atoms with van der Waals surface area (Å²) in [6.07, 6.45) is 1.35. The molecule has 0 saturated heterocycles. The van der Waals surface area contributed by atoms with E-state index in [-0.39, 0.29) is 12.6 Å². The van der Waals surface area contributed by atoms with Crippen molar-refractivity contribution >= 4 is 5.97 Å². The Morgan fingerprint density at radius 1 is 1.35 bits per heavy atom. The third-order valence-electron chi connectivity index (χ3n) is 2.39. The van der Waals surface area contributed by atoms with Gasteiger partial charge < -0.3 is 15.2 Å². The Labute approximate surface area is 102 Å². The van der Waals surface area contributed by atoms with Gasteiger partial charge in [-0.05, 0) is 18.4 Å². The summed E-state index contributed by atoms with van der Waals surface area (Å²) in [4.78, 5) is 11.5. The molecule has 1 rings (SSSR count). The van der Waals surface area contributed by atoms with Gasteiger partial charge in [0.1, 0.15) is 12.6 Å². The predicted octanol–water partition coefficient (Wildman–Crippen LogP) is 1.48. The van der Waals surface area contributed by atoms with Crippen LogP contribution in [0.3, 0.4) is 0 Å². The van der Waals surface area contributed by atoms with Crippen molar-refractivity contribution in [1.82, 2.24) is 0 Å². The lowest BCUT2D eigenvalue weighted by Gasteiger charge is -2.11. The van der Waals surface area contributed by atoms with E-state index in [1.807, 2.05) is 30.3 Å². The van der Waals surface area contributed by atoms with Gasteiger partial charge >= 0.3 is 5.97 Å². The van der Waals surface area contributed by atoms with E-state index in [1.54, 1.807) is 7.11 Å². The fourth-order valence-corrected chi connectivity index (χ4v) is 1.40. The molecule has 0 saturated carbocycles. The van der Waals surface area contributed by atoms with Gasteiger partial charge in [-0.2, -0.15) is 0 Å². The predicted molar refractivity (Wildman–Crippen MR) is 65.3 cm³/mol. The van der Waals surface area contributed by atoms with Crippen molar-refractivity contribution in [3.63, 3.8) is 0 Å². The Hall–Kier alpha value is -1.39. The minimum absolute atomic E-state index is 0.275. The van der Waals surface area contributed by atoms with Crippen molar-refractivity contribution in [2.45, 2.75) is 25.5 Å².